The fourth-order valence-electron chi connectivity index (χ4n) is 7.75. The second-order valence-electron chi connectivity index (χ2n) is 15.9. The molecule has 4 heteroatoms. The van der Waals surface area contributed by atoms with Crippen LogP contribution in [0.5, 0.6) is 0 Å². The number of hydrogen-bond acceptors (Lipinski definition) is 0. The van der Waals surface area contributed by atoms with Crippen LogP contribution in [0.25, 0.3) is 0 Å². The molecule has 0 aromatic rings. The van der Waals surface area contributed by atoms with Crippen molar-refractivity contribution in [2.75, 3.05) is 0 Å². The van der Waals surface area contributed by atoms with Gasteiger partial charge in [0.05, 0.1) is 0 Å². The van der Waals surface area contributed by atoms with E-state index in [0.29, 0.717) is 0 Å². The first-order valence-corrected chi connectivity index (χ1v) is 23.6. The summed E-state index contributed by atoms with van der Waals surface area (Å²) in [4.78, 5) is 0. The second-order valence-corrected chi connectivity index (χ2v) is 15.9. The molecule has 7 rings (SSSR count). The average molecular weight is 946 g/mol. The molecule has 0 aromatic heterocycles. The molecular weight excluding hydrogens is 835 g/mol. The molecule has 0 bridgehead atoms. The Hall–Kier alpha value is 1.97. The van der Waals surface area contributed by atoms with E-state index in [-0.39, 0.29) is 80.8 Å². The molecule has 0 atom stereocenters. The molecule has 0 aliphatic heterocycles. The Morgan fingerprint density at radius 2 is 0.407 bits per heavy atom. The number of rotatable bonds is 2. The second kappa shape index (κ2) is 69.6. The Morgan fingerprint density at radius 1 is 0.278 bits per heavy atom. The molecule has 54 heavy (non-hydrogen) atoms. The van der Waals surface area contributed by atoms with Gasteiger partial charge in [-0.1, -0.05) is 302 Å². The summed E-state index contributed by atoms with van der Waals surface area (Å²) in [5.74, 6) is 4.29. The van der Waals surface area contributed by atoms with Gasteiger partial charge >= 0.3 is 0 Å². The van der Waals surface area contributed by atoms with Crippen LogP contribution in [-0.2, 0) is 66.0 Å². The minimum atomic E-state index is 0. The zero-order chi connectivity index (χ0) is 36.4. The Kier molecular flexibility index (Phi) is 98.8. The molecule has 7 aliphatic rings. The van der Waals surface area contributed by atoms with Gasteiger partial charge in [-0.25, -0.2) is 0 Å². The molecule has 0 unspecified atom stereocenters. The van der Waals surface area contributed by atoms with Crippen LogP contribution in [0, 0.1) is 23.7 Å². The topological polar surface area (TPSA) is 0 Å². The Morgan fingerprint density at radius 3 is 0.481 bits per heavy atom. The molecule has 0 nitrogen and oxygen atoms in total. The number of hydrogen-bond donors (Lipinski definition) is 0. The zero-order valence-electron chi connectivity index (χ0n) is 37.6. The van der Waals surface area contributed by atoms with Crippen LogP contribution >= 0.6 is 0 Å². The molecule has 7 aliphatic carbocycles. The normalized spacial score (nSPS) is 19.0. The van der Waals surface area contributed by atoms with Crippen LogP contribution in [0.15, 0.2) is 0 Å². The van der Waals surface area contributed by atoms with E-state index in [2.05, 4.69) is 41.5 Å². The third-order valence-electron chi connectivity index (χ3n) is 11.1. The summed E-state index contributed by atoms with van der Waals surface area (Å²) in [6.07, 6.45) is 50.5. The van der Waals surface area contributed by atoms with Crippen LogP contribution in [-0.4, -0.2) is 0 Å². The molecule has 7 fully saturated rings. The minimum absolute atomic E-state index is 0. The maximum Gasteiger partial charge on any atom is 0 e. The predicted molar refractivity (Wildman–Crippen MR) is 241 cm³/mol. The summed E-state index contributed by atoms with van der Waals surface area (Å²) in [6.45, 7) is 21.5. The fourth-order valence-corrected chi connectivity index (χ4v) is 7.75. The summed E-state index contributed by atoms with van der Waals surface area (Å²) < 4.78 is 0. The molecule has 0 aromatic carbocycles. The van der Waals surface area contributed by atoms with Gasteiger partial charge in [0.2, 0.25) is 0 Å². The largest absolute Gasteiger partial charge is 0.0776 e. The molecule has 0 radical (unpaired) electrons. The third kappa shape index (κ3) is 63.2. The quantitative estimate of drug-likeness (QED) is 0.242. The summed E-state index contributed by atoms with van der Waals surface area (Å²) in [5.41, 5.74) is 0. The van der Waals surface area contributed by atoms with E-state index in [4.69, 9.17) is 0 Å². The van der Waals surface area contributed by atoms with Crippen molar-refractivity contribution in [3.63, 3.8) is 0 Å². The van der Waals surface area contributed by atoms with E-state index in [1.807, 2.05) is 27.7 Å². The van der Waals surface area contributed by atoms with Crippen molar-refractivity contribution in [3.05, 3.63) is 0 Å². The van der Waals surface area contributed by atoms with Crippen LogP contribution in [0.1, 0.15) is 302 Å². The van der Waals surface area contributed by atoms with E-state index < -0.39 is 0 Å². The molecule has 7 saturated carbocycles. The van der Waals surface area contributed by atoms with Crippen molar-refractivity contribution in [2.45, 2.75) is 302 Å². The van der Waals surface area contributed by atoms with E-state index in [1.165, 1.54) is 218 Å². The zero-order valence-corrected chi connectivity index (χ0v) is 41.6. The van der Waals surface area contributed by atoms with Gasteiger partial charge in [0.1, 0.15) is 0 Å². The van der Waals surface area contributed by atoms with Crippen LogP contribution < -0.4 is 0 Å². The van der Waals surface area contributed by atoms with Gasteiger partial charge in [-0.3, -0.25) is 0 Å². The van der Waals surface area contributed by atoms with Gasteiger partial charge in [0, 0.05) is 66.0 Å². The molecule has 0 N–H and O–H groups in total. The summed E-state index contributed by atoms with van der Waals surface area (Å²) in [6, 6.07) is 0. The summed E-state index contributed by atoms with van der Waals surface area (Å²) in [5, 5.41) is 0. The monoisotopic (exact) mass is 943 g/mol. The first-order valence-electron chi connectivity index (χ1n) is 23.6. The maximum atomic E-state index is 2.34. The van der Waals surface area contributed by atoms with Crippen molar-refractivity contribution in [1.29, 1.82) is 0 Å². The van der Waals surface area contributed by atoms with Gasteiger partial charge in [-0.2, -0.15) is 0 Å². The van der Waals surface area contributed by atoms with E-state index >= 15 is 0 Å². The summed E-state index contributed by atoms with van der Waals surface area (Å²) in [7, 11) is 0. The molecular formula is C50H110Ni4. The third-order valence-corrected chi connectivity index (χ3v) is 11.1. The smallest absolute Gasteiger partial charge is 0 e. The molecule has 0 heterocycles. The van der Waals surface area contributed by atoms with Gasteiger partial charge in [-0.15, -0.1) is 0 Å². The Labute approximate surface area is 389 Å². The van der Waals surface area contributed by atoms with Crippen molar-refractivity contribution < 1.29 is 66.0 Å². The van der Waals surface area contributed by atoms with Gasteiger partial charge in [0.15, 0.2) is 0 Å². The molecule has 0 saturated heterocycles. The van der Waals surface area contributed by atoms with E-state index in [1.54, 1.807) is 0 Å². The van der Waals surface area contributed by atoms with Crippen LogP contribution in [0.3, 0.4) is 0 Å². The average Bonchev–Trinajstić information content (AvgIpc) is 3.97. The maximum absolute atomic E-state index is 2.34. The summed E-state index contributed by atoms with van der Waals surface area (Å²) >= 11 is 0. The Balaban J connectivity index is -0.0000000599. The van der Waals surface area contributed by atoms with Gasteiger partial charge in [-0.05, 0) is 23.7 Å². The van der Waals surface area contributed by atoms with Crippen LogP contribution in [0.4, 0.5) is 0 Å². The predicted octanol–water partition coefficient (Wildman–Crippen LogP) is 20.1. The molecule has 0 spiro atoms. The van der Waals surface area contributed by atoms with Crippen LogP contribution in [0.2, 0.25) is 0 Å². The Bertz CT molecular complexity index is 416. The first-order chi connectivity index (χ1) is 23.6. The fraction of sp³-hybridized carbons (Fsp3) is 1.00. The van der Waals surface area contributed by atoms with E-state index in [9.17, 15) is 0 Å². The molecule has 0 amide bonds. The van der Waals surface area contributed by atoms with Crippen molar-refractivity contribution in [3.8, 4) is 0 Å². The van der Waals surface area contributed by atoms with Crippen molar-refractivity contribution >= 4 is 0 Å². The molecule has 350 valence electrons. The first kappa shape index (κ1) is 76.7. The standard InChI is InChI=1S/2C7H14.2C6H12.3C5H10.C3H8.2C2H6.2CH4.4Ni/c2*1-2-7-5-3-4-6-7;2*1-6-4-2-3-5-6;3*1-2-4-5-3-1;1-3-2;2*1-2;;;;;;/h2*7H,2-6H2,1H3;2*6H,2-5H2,1H3;3*1-5H2;3H2,1-2H3;2*1-2H3;2*1H4;;;;. The van der Waals surface area contributed by atoms with E-state index in [0.717, 1.165) is 23.7 Å². The minimum Gasteiger partial charge on any atom is -0.0776 e. The SMILES string of the molecule is C.C.C1CCCC1.C1CCCC1.C1CCCC1.CC.CC.CC1CCCC1.CC1CCCC1.CCC.CCC1CCCC1.CCC1CCCC1.[Ni].[Ni].[Ni].[Ni]. The van der Waals surface area contributed by atoms with Crippen molar-refractivity contribution in [2.24, 2.45) is 23.7 Å². The van der Waals surface area contributed by atoms with Gasteiger partial charge < -0.3 is 0 Å². The van der Waals surface area contributed by atoms with Crippen molar-refractivity contribution in [1.82, 2.24) is 0 Å². The van der Waals surface area contributed by atoms with Gasteiger partial charge in [0.25, 0.3) is 0 Å².